The lowest BCUT2D eigenvalue weighted by molar-refractivity contribution is 0.626. The Bertz CT molecular complexity index is 411. The lowest BCUT2D eigenvalue weighted by Gasteiger charge is -2.03. The van der Waals surface area contributed by atoms with Crippen LogP contribution in [0.25, 0.3) is 0 Å². The van der Waals surface area contributed by atoms with E-state index in [0.29, 0.717) is 0 Å². The van der Waals surface area contributed by atoms with Gasteiger partial charge >= 0.3 is 0 Å². The van der Waals surface area contributed by atoms with Gasteiger partial charge in [-0.15, -0.1) is 11.3 Å². The minimum absolute atomic E-state index is 0.179. The Balaban J connectivity index is 1.70. The lowest BCUT2D eigenvalue weighted by atomic mass is 10.1. The van der Waals surface area contributed by atoms with E-state index >= 15 is 0 Å². The fourth-order valence-corrected chi connectivity index (χ4v) is 1.99. The molecule has 0 saturated heterocycles. The average Bonchev–Trinajstić information content (AvgIpc) is 2.80. The maximum Gasteiger partial charge on any atom is 0.123 e. The van der Waals surface area contributed by atoms with E-state index in [1.165, 1.54) is 17.0 Å². The Morgan fingerprint density at radius 3 is 2.75 bits per heavy atom. The summed E-state index contributed by atoms with van der Waals surface area (Å²) in [7, 11) is 0. The van der Waals surface area contributed by atoms with E-state index in [0.717, 1.165) is 25.1 Å². The van der Waals surface area contributed by atoms with Crippen LogP contribution in [0.5, 0.6) is 0 Å². The van der Waals surface area contributed by atoms with Gasteiger partial charge in [0.05, 0.1) is 5.51 Å². The maximum absolute atomic E-state index is 12.6. The third kappa shape index (κ3) is 3.40. The van der Waals surface area contributed by atoms with E-state index < -0.39 is 0 Å². The van der Waals surface area contributed by atoms with E-state index in [2.05, 4.69) is 10.3 Å². The monoisotopic (exact) mass is 236 g/mol. The number of thiazole rings is 1. The summed E-state index contributed by atoms with van der Waals surface area (Å²) in [5.41, 5.74) is 2.98. The first-order valence-corrected chi connectivity index (χ1v) is 6.05. The van der Waals surface area contributed by atoms with Crippen molar-refractivity contribution in [2.45, 2.75) is 13.0 Å². The number of aromatic nitrogens is 1. The van der Waals surface area contributed by atoms with Crippen LogP contribution >= 0.6 is 11.3 Å². The summed E-state index contributed by atoms with van der Waals surface area (Å²) in [6, 6.07) is 6.64. The van der Waals surface area contributed by atoms with Crippen LogP contribution < -0.4 is 5.32 Å². The molecule has 0 amide bonds. The molecule has 0 aliphatic rings. The van der Waals surface area contributed by atoms with E-state index in [1.54, 1.807) is 11.3 Å². The quantitative estimate of drug-likeness (QED) is 0.807. The molecule has 0 saturated carbocycles. The van der Waals surface area contributed by atoms with Crippen molar-refractivity contribution >= 4 is 11.3 Å². The highest BCUT2D eigenvalue weighted by Crippen LogP contribution is 2.05. The first-order valence-electron chi connectivity index (χ1n) is 5.17. The number of rotatable bonds is 5. The van der Waals surface area contributed by atoms with Gasteiger partial charge in [-0.3, -0.25) is 4.98 Å². The van der Waals surface area contributed by atoms with Crippen LogP contribution in [0.15, 0.2) is 36.0 Å². The molecule has 0 aliphatic heterocycles. The molecule has 0 fully saturated rings. The molecule has 16 heavy (non-hydrogen) atoms. The zero-order valence-electron chi connectivity index (χ0n) is 8.82. The largest absolute Gasteiger partial charge is 0.311 e. The van der Waals surface area contributed by atoms with Gasteiger partial charge < -0.3 is 5.32 Å². The lowest BCUT2D eigenvalue weighted by Crippen LogP contribution is -2.15. The van der Waals surface area contributed by atoms with Crippen molar-refractivity contribution in [1.29, 1.82) is 0 Å². The van der Waals surface area contributed by atoms with Crippen molar-refractivity contribution in [2.24, 2.45) is 0 Å². The Morgan fingerprint density at radius 1 is 1.25 bits per heavy atom. The van der Waals surface area contributed by atoms with Crippen LogP contribution in [-0.2, 0) is 13.0 Å². The van der Waals surface area contributed by atoms with Gasteiger partial charge in [0.25, 0.3) is 0 Å². The molecule has 0 unspecified atom stereocenters. The Labute approximate surface area is 98.2 Å². The van der Waals surface area contributed by atoms with Crippen molar-refractivity contribution in [1.82, 2.24) is 10.3 Å². The molecule has 2 aromatic rings. The summed E-state index contributed by atoms with van der Waals surface area (Å²) in [6.07, 6.45) is 2.79. The van der Waals surface area contributed by atoms with Crippen molar-refractivity contribution in [3.05, 3.63) is 52.2 Å². The van der Waals surface area contributed by atoms with Gasteiger partial charge in [0.15, 0.2) is 0 Å². The maximum atomic E-state index is 12.6. The molecule has 0 radical (unpaired) electrons. The zero-order valence-corrected chi connectivity index (χ0v) is 9.64. The van der Waals surface area contributed by atoms with Gasteiger partial charge in [0.2, 0.25) is 0 Å². The number of benzene rings is 1. The Hall–Kier alpha value is -1.26. The minimum atomic E-state index is -0.179. The number of nitrogens with one attached hydrogen (secondary N) is 1. The van der Waals surface area contributed by atoms with Gasteiger partial charge in [-0.2, -0.15) is 0 Å². The second-order valence-corrected chi connectivity index (χ2v) is 4.49. The van der Waals surface area contributed by atoms with E-state index in [9.17, 15) is 4.39 Å². The van der Waals surface area contributed by atoms with E-state index in [4.69, 9.17) is 0 Å². The van der Waals surface area contributed by atoms with E-state index in [-0.39, 0.29) is 5.82 Å². The molecule has 0 bridgehead atoms. The third-order valence-corrected chi connectivity index (χ3v) is 3.07. The predicted octanol–water partition coefficient (Wildman–Crippen LogP) is 2.61. The highest BCUT2D eigenvalue weighted by molar-refractivity contribution is 7.09. The van der Waals surface area contributed by atoms with Crippen molar-refractivity contribution in [3.8, 4) is 0 Å². The van der Waals surface area contributed by atoms with Gasteiger partial charge in [0, 0.05) is 17.6 Å². The van der Waals surface area contributed by atoms with Crippen molar-refractivity contribution < 1.29 is 4.39 Å². The van der Waals surface area contributed by atoms with Gasteiger partial charge in [-0.25, -0.2) is 4.39 Å². The summed E-state index contributed by atoms with van der Waals surface area (Å²) in [5, 5.41) is 3.33. The molecule has 0 aliphatic carbocycles. The van der Waals surface area contributed by atoms with Gasteiger partial charge in [0.1, 0.15) is 5.82 Å². The molecule has 2 nitrogen and oxygen atoms in total. The fraction of sp³-hybridized carbons (Fsp3) is 0.250. The summed E-state index contributed by atoms with van der Waals surface area (Å²) < 4.78 is 12.6. The predicted molar refractivity (Wildman–Crippen MR) is 63.9 cm³/mol. The molecule has 1 aromatic carbocycles. The molecular weight excluding hydrogens is 223 g/mol. The standard InChI is InChI=1S/C12H13FN2S/c13-11-3-1-10(2-4-11)5-6-14-7-12-8-15-9-16-12/h1-4,8-9,14H,5-7H2. The number of halogens is 1. The fourth-order valence-electron chi connectivity index (χ4n) is 1.42. The van der Waals surface area contributed by atoms with Crippen LogP contribution in [0.1, 0.15) is 10.4 Å². The van der Waals surface area contributed by atoms with Crippen molar-refractivity contribution in [3.63, 3.8) is 0 Å². The van der Waals surface area contributed by atoms with Crippen molar-refractivity contribution in [2.75, 3.05) is 6.54 Å². The highest BCUT2D eigenvalue weighted by Gasteiger charge is 1.96. The second-order valence-electron chi connectivity index (χ2n) is 3.52. The Kier molecular flexibility index (Phi) is 4.02. The summed E-state index contributed by atoms with van der Waals surface area (Å²) in [4.78, 5) is 5.24. The normalized spacial score (nSPS) is 10.6. The van der Waals surface area contributed by atoms with Crippen LogP contribution in [0.3, 0.4) is 0 Å². The molecule has 1 aromatic heterocycles. The van der Waals surface area contributed by atoms with Crippen LogP contribution in [0, 0.1) is 5.82 Å². The zero-order chi connectivity index (χ0) is 11.2. The molecule has 1 N–H and O–H groups in total. The topological polar surface area (TPSA) is 24.9 Å². The minimum Gasteiger partial charge on any atom is -0.311 e. The number of nitrogens with zero attached hydrogens (tertiary/aromatic N) is 1. The number of hydrogen-bond donors (Lipinski definition) is 1. The average molecular weight is 236 g/mol. The first-order chi connectivity index (χ1) is 7.84. The summed E-state index contributed by atoms with van der Waals surface area (Å²) in [6.45, 7) is 1.75. The van der Waals surface area contributed by atoms with Gasteiger partial charge in [-0.05, 0) is 30.7 Å². The summed E-state index contributed by atoms with van der Waals surface area (Å²) >= 11 is 1.65. The molecule has 0 spiro atoms. The molecule has 2 rings (SSSR count). The first kappa shape index (κ1) is 11.2. The molecule has 0 atom stereocenters. The third-order valence-electron chi connectivity index (χ3n) is 2.29. The molecule has 1 heterocycles. The van der Waals surface area contributed by atoms with Crippen LogP contribution in [0.2, 0.25) is 0 Å². The molecular formula is C12H13FN2S. The van der Waals surface area contributed by atoms with Crippen LogP contribution in [-0.4, -0.2) is 11.5 Å². The highest BCUT2D eigenvalue weighted by atomic mass is 32.1. The number of hydrogen-bond acceptors (Lipinski definition) is 3. The van der Waals surface area contributed by atoms with Gasteiger partial charge in [-0.1, -0.05) is 12.1 Å². The summed E-state index contributed by atoms with van der Waals surface area (Å²) in [5.74, 6) is -0.179. The second kappa shape index (κ2) is 5.72. The van der Waals surface area contributed by atoms with E-state index in [1.807, 2.05) is 23.8 Å². The smallest absolute Gasteiger partial charge is 0.123 e. The molecule has 84 valence electrons. The molecule has 4 heteroatoms. The van der Waals surface area contributed by atoms with Crippen LogP contribution in [0.4, 0.5) is 4.39 Å². The Morgan fingerprint density at radius 2 is 2.06 bits per heavy atom. The SMILES string of the molecule is Fc1ccc(CCNCc2cncs2)cc1.